The van der Waals surface area contributed by atoms with Crippen molar-refractivity contribution in [3.05, 3.63) is 162 Å². The van der Waals surface area contributed by atoms with Crippen molar-refractivity contribution < 1.29 is 24.5 Å². The Morgan fingerprint density at radius 3 is 2.00 bits per heavy atom. The van der Waals surface area contributed by atoms with E-state index in [0.717, 1.165) is 62.9 Å². The second-order valence-electron chi connectivity index (χ2n) is 15.7. The number of hydrogen-bond donors (Lipinski definition) is 0. The van der Waals surface area contributed by atoms with Crippen LogP contribution in [0.4, 0.5) is 0 Å². The van der Waals surface area contributed by atoms with E-state index in [2.05, 4.69) is 184 Å². The van der Waals surface area contributed by atoms with E-state index in [0.29, 0.717) is 5.92 Å². The smallest absolute Gasteiger partial charge is 0 e. The van der Waals surface area contributed by atoms with E-state index in [1.807, 2.05) is 12.3 Å². The Balaban J connectivity index is 0.000000193. The third-order valence-electron chi connectivity index (χ3n) is 10.8. The van der Waals surface area contributed by atoms with Crippen LogP contribution in [-0.4, -0.2) is 23.2 Å². The molecule has 8 aromatic rings. The summed E-state index contributed by atoms with van der Waals surface area (Å²) in [5, 5.41) is 2.29. The van der Waals surface area contributed by atoms with Crippen LogP contribution in [0, 0.1) is 32.9 Å². The van der Waals surface area contributed by atoms with Crippen LogP contribution >= 0.6 is 0 Å². The first kappa shape index (κ1) is 41.0. The number of benzene rings is 5. The zero-order valence-electron chi connectivity index (χ0n) is 33.8. The minimum atomic E-state index is -1.86. The molecule has 5 heteroatoms. The maximum absolute atomic E-state index is 6.46. The molecule has 0 saturated heterocycles. The summed E-state index contributed by atoms with van der Waals surface area (Å²) < 4.78 is 7.94. The Labute approximate surface area is 349 Å². The average Bonchev–Trinajstić information content (AvgIpc) is 3.59. The molecule has 5 aromatic carbocycles. The summed E-state index contributed by atoms with van der Waals surface area (Å²) in [5.74, 6) is 7.78. The van der Waals surface area contributed by atoms with Crippen molar-refractivity contribution in [3.63, 3.8) is 0 Å². The van der Waals surface area contributed by atoms with Crippen molar-refractivity contribution in [2.45, 2.75) is 70.6 Å². The topological polar surface area (TPSA) is 38.9 Å². The van der Waals surface area contributed by atoms with Crippen LogP contribution in [-0.2, 0) is 20.1 Å². The normalized spacial score (nSPS) is 11.4. The molecule has 3 heterocycles. The summed E-state index contributed by atoms with van der Waals surface area (Å²) in [5.41, 5.74) is 15.7. The van der Waals surface area contributed by atoms with Crippen LogP contribution in [0.5, 0.6) is 0 Å². The van der Waals surface area contributed by atoms with Gasteiger partial charge in [-0.25, -0.2) is 0 Å². The van der Waals surface area contributed by atoms with Gasteiger partial charge in [0.2, 0.25) is 0 Å². The van der Waals surface area contributed by atoms with Crippen molar-refractivity contribution in [3.8, 4) is 44.8 Å². The predicted octanol–water partition coefficient (Wildman–Crippen LogP) is 13.7. The van der Waals surface area contributed by atoms with Gasteiger partial charge in [-0.15, -0.1) is 17.7 Å². The number of pyridine rings is 2. The Morgan fingerprint density at radius 1 is 0.661 bits per heavy atom. The Morgan fingerprint density at radius 2 is 1.34 bits per heavy atom. The molecule has 0 amide bonds. The molecule has 1 radical (unpaired) electrons. The number of furan rings is 1. The molecule has 0 N–H and O–H groups in total. The van der Waals surface area contributed by atoms with Crippen molar-refractivity contribution in [1.82, 2.24) is 9.97 Å². The van der Waals surface area contributed by atoms with E-state index in [1.54, 1.807) is 0 Å². The molecule has 0 bridgehead atoms. The Bertz CT molecular complexity index is 2580. The second kappa shape index (κ2) is 17.7. The summed E-state index contributed by atoms with van der Waals surface area (Å²) in [6.07, 6.45) is 6.26. The van der Waals surface area contributed by atoms with Crippen molar-refractivity contribution in [2.75, 3.05) is 0 Å². The van der Waals surface area contributed by atoms with Crippen LogP contribution in [0.15, 0.2) is 132 Å². The monoisotopic (exact) mass is 973 g/mol. The molecule has 0 unspecified atom stereocenters. The predicted molar refractivity (Wildman–Crippen MR) is 236 cm³/mol. The quantitative estimate of drug-likeness (QED) is 0.112. The largest absolute Gasteiger partial charge is 0 e. The van der Waals surface area contributed by atoms with E-state index in [9.17, 15) is 0 Å². The molecular weight excluding hydrogens is 921 g/mol. The first-order valence-corrected chi connectivity index (χ1v) is 26.8. The first-order valence-electron chi connectivity index (χ1n) is 19.5. The van der Waals surface area contributed by atoms with Gasteiger partial charge in [-0.1, -0.05) is 85.8 Å². The van der Waals surface area contributed by atoms with Crippen LogP contribution < -0.4 is 4.40 Å². The molecule has 3 nitrogen and oxygen atoms in total. The minimum absolute atomic E-state index is 0. The first-order chi connectivity index (χ1) is 26.5. The van der Waals surface area contributed by atoms with E-state index in [4.69, 9.17) is 9.40 Å². The number of nitrogens with zero attached hydrogens (tertiary/aromatic N) is 2. The molecule has 0 aliphatic carbocycles. The molecule has 8 rings (SSSR count). The van der Waals surface area contributed by atoms with Gasteiger partial charge in [0.1, 0.15) is 5.58 Å². The van der Waals surface area contributed by atoms with Gasteiger partial charge in [0, 0.05) is 31.7 Å². The van der Waals surface area contributed by atoms with Gasteiger partial charge in [0.15, 0.2) is 0 Å². The van der Waals surface area contributed by atoms with Gasteiger partial charge in [-0.05, 0) is 47.7 Å². The SMILES string of the molecule is CCC(CC)c1ccnc(-c2[c-]cc(C)c3c2oc2cc(-c4ccccc4)ccc23)c1.Cc1c[c-]c(-c2cc(C)[c]([Ge]([CH3])([CH3])[CH3])cn2)cc1-c1ccccc1.[Ir]. The maximum Gasteiger partial charge on any atom is 0 e. The number of fused-ring (bicyclic) bond motifs is 3. The summed E-state index contributed by atoms with van der Waals surface area (Å²) in [6.45, 7) is 11.0. The fourth-order valence-electron chi connectivity index (χ4n) is 7.71. The molecule has 0 atom stereocenters. The summed E-state index contributed by atoms with van der Waals surface area (Å²) in [7, 11) is 0. The van der Waals surface area contributed by atoms with Gasteiger partial charge in [-0.2, -0.15) is 0 Å². The van der Waals surface area contributed by atoms with Gasteiger partial charge in [0.25, 0.3) is 0 Å². The van der Waals surface area contributed by atoms with Crippen molar-refractivity contribution in [2.24, 2.45) is 0 Å². The summed E-state index contributed by atoms with van der Waals surface area (Å²) in [4.78, 5) is 9.44. The third-order valence-corrected chi connectivity index (χ3v) is 15.3. The van der Waals surface area contributed by atoms with Crippen LogP contribution in [0.25, 0.3) is 66.7 Å². The van der Waals surface area contributed by atoms with Crippen LogP contribution in [0.2, 0.25) is 17.3 Å². The third kappa shape index (κ3) is 8.69. The van der Waals surface area contributed by atoms with E-state index in [1.165, 1.54) is 43.3 Å². The average molecular weight is 972 g/mol. The Hall–Kier alpha value is -4.61. The second-order valence-corrected chi connectivity index (χ2v) is 26.2. The fourth-order valence-corrected chi connectivity index (χ4v) is 11.3. The fraction of sp³-hybridized carbons (Fsp3) is 0.216. The van der Waals surface area contributed by atoms with E-state index < -0.39 is 13.3 Å². The standard InChI is InChI=1S/C29H26NO.C22H24GeN.Ir/c1-4-20(5-2)23-15-16-30-26(17-23)24-13-11-19(3)28-25-14-12-22(18-27(25)31-29(24)28)21-9-7-6-8-10-21;1-16-11-12-19(14-20(16)18-9-7-6-8-10-18)22-13-17(2)21(15-24-22)23(3,4)5;/h6-12,14-18,20H,4-5H2,1-3H3;6-11,13-15H,1-5H3;/q2*-1;. The summed E-state index contributed by atoms with van der Waals surface area (Å²) in [6, 6.07) is 47.2. The van der Waals surface area contributed by atoms with Gasteiger partial charge >= 0.3 is 148 Å². The van der Waals surface area contributed by atoms with Gasteiger partial charge in [-0.3, -0.25) is 0 Å². The molecule has 0 aliphatic rings. The van der Waals surface area contributed by atoms with Crippen LogP contribution in [0.3, 0.4) is 0 Å². The number of aryl methyl sites for hydroxylation is 3. The van der Waals surface area contributed by atoms with Crippen LogP contribution in [0.1, 0.15) is 54.9 Å². The Kier molecular flexibility index (Phi) is 13.0. The minimum Gasteiger partial charge on any atom is 0 e. The molecule has 0 fully saturated rings. The van der Waals surface area contributed by atoms with Crippen molar-refractivity contribution in [1.29, 1.82) is 0 Å². The number of rotatable bonds is 8. The van der Waals surface area contributed by atoms with Gasteiger partial charge in [0.05, 0.1) is 5.58 Å². The van der Waals surface area contributed by atoms with E-state index in [-0.39, 0.29) is 20.1 Å². The molecular formula is C51H50GeIrN2O-2. The molecule has 3 aromatic heterocycles. The van der Waals surface area contributed by atoms with E-state index >= 15 is 0 Å². The molecule has 0 saturated carbocycles. The van der Waals surface area contributed by atoms with Gasteiger partial charge < -0.3 is 9.40 Å². The zero-order chi connectivity index (χ0) is 38.7. The molecule has 0 aliphatic heterocycles. The zero-order valence-corrected chi connectivity index (χ0v) is 38.2. The maximum atomic E-state index is 6.46. The molecule has 56 heavy (non-hydrogen) atoms. The number of aromatic nitrogens is 2. The molecule has 285 valence electrons. The molecule has 0 spiro atoms. The summed E-state index contributed by atoms with van der Waals surface area (Å²) >= 11 is -1.86. The van der Waals surface area contributed by atoms with Crippen molar-refractivity contribution >= 4 is 39.6 Å². The number of hydrogen-bond acceptors (Lipinski definition) is 3.